The lowest BCUT2D eigenvalue weighted by Gasteiger charge is -1.93. The highest BCUT2D eigenvalue weighted by atomic mass is 16.6. The molecule has 1 rings (SSSR count). The zero-order valence-electron chi connectivity index (χ0n) is 6.81. The van der Waals surface area contributed by atoms with Crippen LogP contribution in [0.4, 0.5) is 0 Å². The fourth-order valence-electron chi connectivity index (χ4n) is 0.743. The maximum atomic E-state index is 5.21. The summed E-state index contributed by atoms with van der Waals surface area (Å²) in [5, 5.41) is 3.73. The summed E-state index contributed by atoms with van der Waals surface area (Å²) in [6, 6.07) is 9.76. The lowest BCUT2D eigenvalue weighted by Crippen LogP contribution is -2.05. The van der Waals surface area contributed by atoms with Crippen molar-refractivity contribution < 1.29 is 4.84 Å². The first kappa shape index (κ1) is 8.74. The van der Waals surface area contributed by atoms with Crippen molar-refractivity contribution >= 4 is 6.21 Å². The normalized spacial score (nSPS) is 10.4. The summed E-state index contributed by atoms with van der Waals surface area (Å²) in [6.07, 6.45) is 1.66. The van der Waals surface area contributed by atoms with Gasteiger partial charge in [-0.25, -0.2) is 0 Å². The summed E-state index contributed by atoms with van der Waals surface area (Å²) in [5.41, 5.74) is 6.23. The molecule has 0 radical (unpaired) electrons. The van der Waals surface area contributed by atoms with Gasteiger partial charge in [-0.05, 0) is 5.56 Å². The van der Waals surface area contributed by atoms with Gasteiger partial charge in [0, 0.05) is 6.54 Å². The second kappa shape index (κ2) is 5.32. The third-order valence-corrected chi connectivity index (χ3v) is 1.29. The predicted molar refractivity (Wildman–Crippen MR) is 49.0 cm³/mol. The maximum Gasteiger partial charge on any atom is 0.129 e. The molecular formula is C9H12N2O. The Kier molecular flexibility index (Phi) is 3.88. The Labute approximate surface area is 71.8 Å². The van der Waals surface area contributed by atoms with Crippen LogP contribution in [0.15, 0.2) is 35.5 Å². The Morgan fingerprint density at radius 2 is 2.08 bits per heavy atom. The Morgan fingerprint density at radius 1 is 1.33 bits per heavy atom. The molecule has 0 unspecified atom stereocenters. The summed E-state index contributed by atoms with van der Waals surface area (Å²) in [6.45, 7) is 0.954. The summed E-state index contributed by atoms with van der Waals surface area (Å²) >= 11 is 0. The summed E-state index contributed by atoms with van der Waals surface area (Å²) in [7, 11) is 0. The van der Waals surface area contributed by atoms with Gasteiger partial charge >= 0.3 is 0 Å². The lowest BCUT2D eigenvalue weighted by atomic mass is 10.2. The van der Waals surface area contributed by atoms with Gasteiger partial charge in [0.2, 0.25) is 0 Å². The summed E-state index contributed by atoms with van der Waals surface area (Å²) in [5.74, 6) is 0. The zero-order valence-corrected chi connectivity index (χ0v) is 6.81. The van der Waals surface area contributed by atoms with Crippen molar-refractivity contribution in [3.63, 3.8) is 0 Å². The fourth-order valence-corrected chi connectivity index (χ4v) is 0.743. The van der Waals surface area contributed by atoms with Gasteiger partial charge in [-0.1, -0.05) is 35.5 Å². The first-order chi connectivity index (χ1) is 5.93. The molecule has 3 heteroatoms. The molecule has 0 aliphatic rings. The number of nitrogens with two attached hydrogens (primary N) is 1. The van der Waals surface area contributed by atoms with Crippen LogP contribution in [0.1, 0.15) is 5.56 Å². The van der Waals surface area contributed by atoms with Crippen LogP contribution in [-0.4, -0.2) is 19.4 Å². The van der Waals surface area contributed by atoms with Gasteiger partial charge in [-0.15, -0.1) is 0 Å². The van der Waals surface area contributed by atoms with Gasteiger partial charge in [-0.3, -0.25) is 0 Å². The molecule has 0 aliphatic heterocycles. The van der Waals surface area contributed by atoms with E-state index in [0.29, 0.717) is 13.2 Å². The van der Waals surface area contributed by atoms with E-state index < -0.39 is 0 Å². The third kappa shape index (κ3) is 3.16. The number of nitrogens with zero attached hydrogens (tertiary/aromatic N) is 1. The molecule has 0 spiro atoms. The average molecular weight is 164 g/mol. The summed E-state index contributed by atoms with van der Waals surface area (Å²) < 4.78 is 0. The molecule has 0 aromatic heterocycles. The quantitative estimate of drug-likeness (QED) is 0.410. The molecule has 0 saturated carbocycles. The fraction of sp³-hybridized carbons (Fsp3) is 0.222. The van der Waals surface area contributed by atoms with E-state index in [2.05, 4.69) is 5.16 Å². The van der Waals surface area contributed by atoms with E-state index in [1.165, 1.54) is 0 Å². The Morgan fingerprint density at radius 3 is 2.75 bits per heavy atom. The average Bonchev–Trinajstić information content (AvgIpc) is 2.14. The molecule has 0 fully saturated rings. The van der Waals surface area contributed by atoms with E-state index in [1.54, 1.807) is 6.21 Å². The molecule has 0 atom stereocenters. The first-order valence-electron chi connectivity index (χ1n) is 3.84. The molecule has 0 bridgehead atoms. The highest BCUT2D eigenvalue weighted by Crippen LogP contribution is 1.93. The van der Waals surface area contributed by atoms with Gasteiger partial charge < -0.3 is 10.6 Å². The highest BCUT2D eigenvalue weighted by Gasteiger charge is 1.82. The predicted octanol–water partition coefficient (Wildman–Crippen LogP) is 0.996. The molecule has 0 aliphatic carbocycles. The van der Waals surface area contributed by atoms with Crippen LogP contribution < -0.4 is 5.73 Å². The molecular weight excluding hydrogens is 152 g/mol. The topological polar surface area (TPSA) is 47.6 Å². The van der Waals surface area contributed by atoms with E-state index in [1.807, 2.05) is 30.3 Å². The number of oxime groups is 1. The van der Waals surface area contributed by atoms with Crippen molar-refractivity contribution in [1.29, 1.82) is 0 Å². The SMILES string of the molecule is NCCON=Cc1ccccc1. The molecule has 2 N–H and O–H groups in total. The molecule has 64 valence electrons. The van der Waals surface area contributed by atoms with E-state index in [0.717, 1.165) is 5.56 Å². The second-order valence-electron chi connectivity index (χ2n) is 2.27. The van der Waals surface area contributed by atoms with Crippen LogP contribution in [-0.2, 0) is 4.84 Å². The zero-order chi connectivity index (χ0) is 8.65. The Hall–Kier alpha value is -1.35. The minimum atomic E-state index is 0.462. The lowest BCUT2D eigenvalue weighted by molar-refractivity contribution is 0.154. The molecule has 0 saturated heterocycles. The maximum absolute atomic E-state index is 5.21. The first-order valence-corrected chi connectivity index (χ1v) is 3.84. The van der Waals surface area contributed by atoms with Crippen LogP contribution >= 0.6 is 0 Å². The highest BCUT2D eigenvalue weighted by molar-refractivity contribution is 5.78. The number of hydrogen-bond acceptors (Lipinski definition) is 3. The van der Waals surface area contributed by atoms with E-state index >= 15 is 0 Å². The monoisotopic (exact) mass is 164 g/mol. The van der Waals surface area contributed by atoms with Gasteiger partial charge in [-0.2, -0.15) is 0 Å². The van der Waals surface area contributed by atoms with Crippen molar-refractivity contribution in [2.45, 2.75) is 0 Å². The van der Waals surface area contributed by atoms with E-state index in [4.69, 9.17) is 10.6 Å². The summed E-state index contributed by atoms with van der Waals surface area (Å²) in [4.78, 5) is 4.83. The number of hydrogen-bond donors (Lipinski definition) is 1. The largest absolute Gasteiger partial charge is 0.394 e. The van der Waals surface area contributed by atoms with Gasteiger partial charge in [0.25, 0.3) is 0 Å². The molecule has 0 amide bonds. The van der Waals surface area contributed by atoms with Gasteiger partial charge in [0.05, 0.1) is 6.21 Å². The van der Waals surface area contributed by atoms with Gasteiger partial charge in [0.15, 0.2) is 0 Å². The number of benzene rings is 1. The van der Waals surface area contributed by atoms with Crippen LogP contribution in [0.3, 0.4) is 0 Å². The standard InChI is InChI=1S/C9H12N2O/c10-6-7-12-11-8-9-4-2-1-3-5-9/h1-5,8H,6-7,10H2. The van der Waals surface area contributed by atoms with E-state index in [-0.39, 0.29) is 0 Å². The minimum Gasteiger partial charge on any atom is -0.394 e. The van der Waals surface area contributed by atoms with Gasteiger partial charge in [0.1, 0.15) is 6.61 Å². The molecule has 1 aromatic rings. The smallest absolute Gasteiger partial charge is 0.129 e. The molecule has 1 aromatic carbocycles. The van der Waals surface area contributed by atoms with Crippen LogP contribution in [0.2, 0.25) is 0 Å². The molecule has 12 heavy (non-hydrogen) atoms. The second-order valence-corrected chi connectivity index (χ2v) is 2.27. The third-order valence-electron chi connectivity index (χ3n) is 1.29. The van der Waals surface area contributed by atoms with Crippen LogP contribution in [0.5, 0.6) is 0 Å². The van der Waals surface area contributed by atoms with Crippen molar-refractivity contribution in [3.05, 3.63) is 35.9 Å². The van der Waals surface area contributed by atoms with Crippen LogP contribution in [0.25, 0.3) is 0 Å². The molecule has 0 heterocycles. The molecule has 3 nitrogen and oxygen atoms in total. The number of rotatable bonds is 4. The van der Waals surface area contributed by atoms with Crippen molar-refractivity contribution in [2.24, 2.45) is 10.9 Å². The van der Waals surface area contributed by atoms with Crippen LogP contribution in [0, 0.1) is 0 Å². The Bertz CT molecular complexity index is 234. The van der Waals surface area contributed by atoms with Crippen molar-refractivity contribution in [1.82, 2.24) is 0 Å². The Balaban J connectivity index is 2.36. The van der Waals surface area contributed by atoms with E-state index in [9.17, 15) is 0 Å². The van der Waals surface area contributed by atoms with Crippen molar-refractivity contribution in [2.75, 3.05) is 13.2 Å². The van der Waals surface area contributed by atoms with Crippen molar-refractivity contribution in [3.8, 4) is 0 Å². The minimum absolute atomic E-state index is 0.462.